The quantitative estimate of drug-likeness (QED) is 0.476. The van der Waals surface area contributed by atoms with Crippen LogP contribution >= 0.6 is 15.9 Å². The van der Waals surface area contributed by atoms with Crippen molar-refractivity contribution in [3.63, 3.8) is 0 Å². The fourth-order valence-electron chi connectivity index (χ4n) is 2.69. The molecule has 130 valence electrons. The molecule has 0 fully saturated rings. The molecule has 2 aromatic carbocycles. The molecule has 0 aliphatic rings. The van der Waals surface area contributed by atoms with Crippen molar-refractivity contribution in [3.8, 4) is 0 Å². The molecule has 0 amide bonds. The van der Waals surface area contributed by atoms with Crippen molar-refractivity contribution in [1.82, 2.24) is 10.3 Å². The highest BCUT2D eigenvalue weighted by Crippen LogP contribution is 2.39. The summed E-state index contributed by atoms with van der Waals surface area (Å²) in [6.45, 7) is 5.47. The van der Waals surface area contributed by atoms with E-state index in [9.17, 15) is 10.1 Å². The van der Waals surface area contributed by atoms with Crippen molar-refractivity contribution < 1.29 is 9.55 Å². The lowest BCUT2D eigenvalue weighted by molar-refractivity contribution is -0.382. The van der Waals surface area contributed by atoms with Crippen LogP contribution in [0.15, 0.2) is 39.4 Å². The van der Waals surface area contributed by atoms with Crippen molar-refractivity contribution in [2.45, 2.75) is 13.8 Å². The van der Waals surface area contributed by atoms with E-state index in [4.69, 9.17) is 4.63 Å². The van der Waals surface area contributed by atoms with Gasteiger partial charge in [0.2, 0.25) is 5.52 Å². The molecule has 25 heavy (non-hydrogen) atoms. The summed E-state index contributed by atoms with van der Waals surface area (Å²) in [5.41, 5.74) is 2.18. The number of hydrogen-bond donors (Lipinski definition) is 1. The van der Waals surface area contributed by atoms with Crippen LogP contribution < -0.4 is 10.2 Å². The van der Waals surface area contributed by atoms with Gasteiger partial charge in [-0.1, -0.05) is 15.9 Å². The van der Waals surface area contributed by atoms with Gasteiger partial charge in [-0.05, 0) is 54.5 Å². The second-order valence-electron chi connectivity index (χ2n) is 5.31. The third kappa shape index (κ3) is 3.27. The Labute approximate surface area is 152 Å². The fraction of sp³-hybridized carbons (Fsp3) is 0.250. The van der Waals surface area contributed by atoms with Crippen LogP contribution in [0.1, 0.15) is 13.8 Å². The van der Waals surface area contributed by atoms with E-state index in [1.165, 1.54) is 0 Å². The molecule has 9 heteroatoms. The molecule has 0 aliphatic carbocycles. The lowest BCUT2D eigenvalue weighted by Crippen LogP contribution is -2.22. The molecule has 1 heterocycles. The van der Waals surface area contributed by atoms with Gasteiger partial charge >= 0.3 is 5.69 Å². The van der Waals surface area contributed by atoms with Gasteiger partial charge in [0.15, 0.2) is 5.52 Å². The van der Waals surface area contributed by atoms with Crippen LogP contribution in [0.5, 0.6) is 0 Å². The minimum absolute atomic E-state index is 0.133. The molecule has 3 rings (SSSR count). The van der Waals surface area contributed by atoms with Crippen LogP contribution in [0.2, 0.25) is 0 Å². The van der Waals surface area contributed by atoms with Crippen LogP contribution in [0, 0.1) is 10.1 Å². The van der Waals surface area contributed by atoms with Gasteiger partial charge in [-0.15, -0.1) is 0 Å². The Balaban J connectivity index is 2.19. The summed E-state index contributed by atoms with van der Waals surface area (Å²) in [5, 5.41) is 22.4. The molecule has 0 unspecified atom stereocenters. The largest absolute Gasteiger partial charge is 0.370 e. The molecule has 8 nitrogen and oxygen atoms in total. The maximum atomic E-state index is 11.6. The number of nitrogens with zero attached hydrogens (tertiary/aromatic N) is 4. The summed E-state index contributed by atoms with van der Waals surface area (Å²) in [6.07, 6.45) is 0. The number of fused-ring (bicyclic) bond motifs is 1. The number of anilines is 3. The minimum atomic E-state index is -0.472. The van der Waals surface area contributed by atoms with Crippen molar-refractivity contribution in [2.24, 2.45) is 0 Å². The Morgan fingerprint density at radius 1 is 1.20 bits per heavy atom. The van der Waals surface area contributed by atoms with Gasteiger partial charge in [-0.25, -0.2) is 4.63 Å². The zero-order valence-electron chi connectivity index (χ0n) is 13.7. The third-order valence-corrected chi connectivity index (χ3v) is 4.43. The molecule has 0 bridgehead atoms. The highest BCUT2D eigenvalue weighted by molar-refractivity contribution is 9.10. The summed E-state index contributed by atoms with van der Waals surface area (Å²) in [4.78, 5) is 13.2. The first-order chi connectivity index (χ1) is 12.0. The van der Waals surface area contributed by atoms with Gasteiger partial charge in [0.1, 0.15) is 5.69 Å². The number of nitro groups is 1. The van der Waals surface area contributed by atoms with Crippen molar-refractivity contribution in [2.75, 3.05) is 23.3 Å². The van der Waals surface area contributed by atoms with E-state index < -0.39 is 4.92 Å². The summed E-state index contributed by atoms with van der Waals surface area (Å²) < 4.78 is 5.72. The summed E-state index contributed by atoms with van der Waals surface area (Å²) in [6, 6.07) is 9.09. The van der Waals surface area contributed by atoms with Crippen LogP contribution in [-0.4, -0.2) is 28.3 Å². The SMILES string of the molecule is CCN(CC)c1cc(Nc2ccc(Br)cc2)c([N+](=O)[O-])c2nonc12. The Bertz CT molecular complexity index is 906. The van der Waals surface area contributed by atoms with Crippen LogP contribution in [0.25, 0.3) is 11.0 Å². The van der Waals surface area contributed by atoms with Gasteiger partial charge in [0, 0.05) is 23.2 Å². The molecule has 1 N–H and O–H groups in total. The fourth-order valence-corrected chi connectivity index (χ4v) is 2.95. The van der Waals surface area contributed by atoms with E-state index in [0.717, 1.165) is 28.9 Å². The first-order valence-corrected chi connectivity index (χ1v) is 8.55. The molecule has 0 saturated carbocycles. The standard InChI is InChI=1S/C16H16BrN5O3/c1-3-21(4-2)13-9-12(18-11-7-5-10(17)6-8-11)16(22(23)24)15-14(13)19-25-20-15/h5-9,18H,3-4H2,1-2H3. The van der Waals surface area contributed by atoms with Crippen molar-refractivity contribution in [1.29, 1.82) is 0 Å². The minimum Gasteiger partial charge on any atom is -0.370 e. The number of halogens is 1. The third-order valence-electron chi connectivity index (χ3n) is 3.90. The van der Waals surface area contributed by atoms with Gasteiger partial charge in [0.05, 0.1) is 10.6 Å². The number of hydrogen-bond acceptors (Lipinski definition) is 7. The zero-order valence-corrected chi connectivity index (χ0v) is 15.3. The molecule has 0 saturated heterocycles. The first-order valence-electron chi connectivity index (χ1n) is 7.76. The highest BCUT2D eigenvalue weighted by atomic mass is 79.9. The maximum absolute atomic E-state index is 11.6. The lowest BCUT2D eigenvalue weighted by Gasteiger charge is -2.21. The number of rotatable bonds is 6. The normalized spacial score (nSPS) is 10.8. The molecule has 0 atom stereocenters. The molecule has 0 spiro atoms. The predicted molar refractivity (Wildman–Crippen MR) is 99.4 cm³/mol. The zero-order chi connectivity index (χ0) is 18.0. The summed E-state index contributed by atoms with van der Waals surface area (Å²) in [5.74, 6) is 0. The molecule has 1 aromatic heterocycles. The second kappa shape index (κ2) is 7.06. The van der Waals surface area contributed by atoms with E-state index >= 15 is 0 Å². The predicted octanol–water partition coefficient (Wildman–Crippen LogP) is 4.48. The van der Waals surface area contributed by atoms with Gasteiger partial charge in [-0.3, -0.25) is 10.1 Å². The Morgan fingerprint density at radius 2 is 1.84 bits per heavy atom. The average Bonchev–Trinajstić information content (AvgIpc) is 3.07. The molecule has 0 aliphatic heterocycles. The Kier molecular flexibility index (Phi) is 4.84. The molecule has 0 radical (unpaired) electrons. The van der Waals surface area contributed by atoms with E-state index in [0.29, 0.717) is 11.2 Å². The van der Waals surface area contributed by atoms with Crippen LogP contribution in [-0.2, 0) is 0 Å². The van der Waals surface area contributed by atoms with Crippen LogP contribution in [0.3, 0.4) is 0 Å². The van der Waals surface area contributed by atoms with Gasteiger partial charge in [-0.2, -0.15) is 0 Å². The maximum Gasteiger partial charge on any atom is 0.324 e. The van der Waals surface area contributed by atoms with Crippen LogP contribution in [0.4, 0.5) is 22.7 Å². The highest BCUT2D eigenvalue weighted by Gasteiger charge is 2.27. The number of aromatic nitrogens is 2. The number of benzene rings is 2. The molecular weight excluding hydrogens is 390 g/mol. The molecular formula is C16H16BrN5O3. The van der Waals surface area contributed by atoms with Crippen molar-refractivity contribution >= 4 is 49.7 Å². The van der Waals surface area contributed by atoms with Crippen molar-refractivity contribution in [3.05, 3.63) is 44.9 Å². The topological polar surface area (TPSA) is 97.3 Å². The second-order valence-corrected chi connectivity index (χ2v) is 6.23. The Hall–Kier alpha value is -2.68. The summed E-state index contributed by atoms with van der Waals surface area (Å²) in [7, 11) is 0. The average molecular weight is 406 g/mol. The summed E-state index contributed by atoms with van der Waals surface area (Å²) >= 11 is 3.37. The monoisotopic (exact) mass is 405 g/mol. The number of nitrogens with one attached hydrogen (secondary N) is 1. The first kappa shape index (κ1) is 17.2. The number of nitro benzene ring substituents is 1. The van der Waals surface area contributed by atoms with Gasteiger partial charge < -0.3 is 10.2 Å². The van der Waals surface area contributed by atoms with E-state index in [1.807, 2.05) is 43.0 Å². The van der Waals surface area contributed by atoms with E-state index in [2.05, 4.69) is 31.6 Å². The molecule has 3 aromatic rings. The van der Waals surface area contributed by atoms with E-state index in [1.54, 1.807) is 6.07 Å². The lowest BCUT2D eigenvalue weighted by atomic mass is 10.1. The Morgan fingerprint density at radius 3 is 2.44 bits per heavy atom. The van der Waals surface area contributed by atoms with Gasteiger partial charge in [0.25, 0.3) is 0 Å². The van der Waals surface area contributed by atoms with E-state index in [-0.39, 0.29) is 11.2 Å². The smallest absolute Gasteiger partial charge is 0.324 e.